The van der Waals surface area contributed by atoms with Crippen LogP contribution in [0.15, 0.2) is 30.3 Å². The van der Waals surface area contributed by atoms with Crippen LogP contribution in [0.5, 0.6) is 0 Å². The van der Waals surface area contributed by atoms with Gasteiger partial charge in [-0.15, -0.1) is 0 Å². The van der Waals surface area contributed by atoms with E-state index in [4.69, 9.17) is 5.73 Å². The minimum absolute atomic E-state index is 0.0390. The summed E-state index contributed by atoms with van der Waals surface area (Å²) in [4.78, 5) is 14.0. The van der Waals surface area contributed by atoms with Crippen LogP contribution in [0, 0.1) is 5.92 Å². The Bertz CT molecular complexity index is 389. The molecule has 0 aliphatic carbocycles. The molecule has 0 aliphatic heterocycles. The molecule has 0 radical (unpaired) electrons. The molecule has 0 bridgehead atoms. The Labute approximate surface area is 116 Å². The van der Waals surface area contributed by atoms with E-state index in [1.54, 1.807) is 4.90 Å². The summed E-state index contributed by atoms with van der Waals surface area (Å²) >= 11 is 0. The van der Waals surface area contributed by atoms with Crippen molar-refractivity contribution in [2.24, 2.45) is 11.7 Å². The lowest BCUT2D eigenvalue weighted by molar-refractivity contribution is -0.134. The van der Waals surface area contributed by atoms with E-state index in [1.165, 1.54) is 5.56 Å². The smallest absolute Gasteiger partial charge is 0.239 e. The van der Waals surface area contributed by atoms with Crippen molar-refractivity contribution in [3.63, 3.8) is 0 Å². The van der Waals surface area contributed by atoms with Crippen molar-refractivity contribution in [1.29, 1.82) is 0 Å². The van der Waals surface area contributed by atoms with Crippen LogP contribution < -0.4 is 5.73 Å². The van der Waals surface area contributed by atoms with E-state index < -0.39 is 6.04 Å². The predicted molar refractivity (Wildman–Crippen MR) is 79.8 cm³/mol. The molecule has 106 valence electrons. The zero-order chi connectivity index (χ0) is 14.4. The number of likely N-dealkylation sites (N-methyl/N-ethyl adjacent to an activating group) is 1. The Morgan fingerprint density at radius 1 is 1.21 bits per heavy atom. The number of carbonyl (C=O) groups excluding carboxylic acids is 1. The van der Waals surface area contributed by atoms with Gasteiger partial charge in [0.2, 0.25) is 5.91 Å². The van der Waals surface area contributed by atoms with Gasteiger partial charge in [-0.25, -0.2) is 0 Å². The summed E-state index contributed by atoms with van der Waals surface area (Å²) in [6.45, 7) is 6.29. The lowest BCUT2D eigenvalue weighted by Crippen LogP contribution is -2.47. The van der Waals surface area contributed by atoms with Gasteiger partial charge in [0.15, 0.2) is 0 Å². The van der Waals surface area contributed by atoms with Crippen LogP contribution in [0.1, 0.15) is 32.8 Å². The highest BCUT2D eigenvalue weighted by Gasteiger charge is 2.23. The largest absolute Gasteiger partial charge is 0.341 e. The van der Waals surface area contributed by atoms with Crippen molar-refractivity contribution in [2.45, 2.75) is 45.7 Å². The molecule has 0 aromatic heterocycles. The normalized spacial score (nSPS) is 14.2. The van der Waals surface area contributed by atoms with E-state index in [1.807, 2.05) is 25.2 Å². The molecular formula is C16H26N2O. The van der Waals surface area contributed by atoms with Crippen molar-refractivity contribution >= 4 is 5.91 Å². The summed E-state index contributed by atoms with van der Waals surface area (Å²) in [5.74, 6) is 0.479. The number of nitrogens with zero attached hydrogens (tertiary/aromatic N) is 1. The average Bonchev–Trinajstić information content (AvgIpc) is 2.43. The first kappa shape index (κ1) is 15.7. The van der Waals surface area contributed by atoms with E-state index in [0.717, 1.165) is 6.42 Å². The van der Waals surface area contributed by atoms with Gasteiger partial charge in [0.05, 0.1) is 6.04 Å². The van der Waals surface area contributed by atoms with Crippen molar-refractivity contribution in [2.75, 3.05) is 7.05 Å². The lowest BCUT2D eigenvalue weighted by atomic mass is 10.0. The third-order valence-electron chi connectivity index (χ3n) is 3.83. The van der Waals surface area contributed by atoms with Gasteiger partial charge in [-0.1, -0.05) is 44.2 Å². The number of aryl methyl sites for hydroxylation is 1. The third-order valence-corrected chi connectivity index (χ3v) is 3.83. The second-order valence-corrected chi connectivity index (χ2v) is 5.56. The molecule has 0 saturated carbocycles. The number of hydrogen-bond acceptors (Lipinski definition) is 2. The second kappa shape index (κ2) is 7.29. The zero-order valence-corrected chi connectivity index (χ0v) is 12.5. The molecule has 3 nitrogen and oxygen atoms in total. The Morgan fingerprint density at radius 2 is 1.79 bits per heavy atom. The molecule has 1 amide bonds. The van der Waals surface area contributed by atoms with Crippen LogP contribution in [-0.2, 0) is 11.2 Å². The Kier molecular flexibility index (Phi) is 6.03. The number of amides is 1. The molecule has 2 N–H and O–H groups in total. The van der Waals surface area contributed by atoms with Crippen LogP contribution in [0.25, 0.3) is 0 Å². The maximum Gasteiger partial charge on any atom is 0.239 e. The van der Waals surface area contributed by atoms with Crippen LogP contribution >= 0.6 is 0 Å². The van der Waals surface area contributed by atoms with Crippen LogP contribution in [0.2, 0.25) is 0 Å². The van der Waals surface area contributed by atoms with Gasteiger partial charge >= 0.3 is 0 Å². The summed E-state index contributed by atoms with van der Waals surface area (Å²) in [7, 11) is 1.84. The molecule has 0 heterocycles. The Balaban J connectivity index is 2.49. The highest BCUT2D eigenvalue weighted by atomic mass is 16.2. The first-order valence-corrected chi connectivity index (χ1v) is 6.99. The highest BCUT2D eigenvalue weighted by molar-refractivity contribution is 5.81. The monoisotopic (exact) mass is 262 g/mol. The summed E-state index contributed by atoms with van der Waals surface area (Å²) in [6.07, 6.45) is 1.54. The first-order valence-electron chi connectivity index (χ1n) is 6.99. The lowest BCUT2D eigenvalue weighted by Gasteiger charge is -2.30. The zero-order valence-electron chi connectivity index (χ0n) is 12.5. The SMILES string of the molecule is CC(C)C(C)N(C)C(=O)C(N)CCc1ccccc1. The number of benzene rings is 1. The fraction of sp³-hybridized carbons (Fsp3) is 0.562. The summed E-state index contributed by atoms with van der Waals surface area (Å²) in [6, 6.07) is 9.95. The van der Waals surface area contributed by atoms with E-state index in [2.05, 4.69) is 32.9 Å². The van der Waals surface area contributed by atoms with Gasteiger partial charge in [-0.3, -0.25) is 4.79 Å². The summed E-state index contributed by atoms with van der Waals surface area (Å²) in [5.41, 5.74) is 7.24. The van der Waals surface area contributed by atoms with E-state index >= 15 is 0 Å². The maximum atomic E-state index is 12.2. The van der Waals surface area contributed by atoms with Gasteiger partial charge in [0.1, 0.15) is 0 Å². The molecule has 0 aliphatic rings. The quantitative estimate of drug-likeness (QED) is 0.856. The fourth-order valence-corrected chi connectivity index (χ4v) is 2.00. The van der Waals surface area contributed by atoms with Crippen molar-refractivity contribution in [3.8, 4) is 0 Å². The standard InChI is InChI=1S/C16H26N2O/c1-12(2)13(3)18(4)16(19)15(17)11-10-14-8-6-5-7-9-14/h5-9,12-13,15H,10-11,17H2,1-4H3. The fourth-order valence-electron chi connectivity index (χ4n) is 2.00. The van der Waals surface area contributed by atoms with Gasteiger partial charge in [-0.05, 0) is 31.2 Å². The molecule has 2 atom stereocenters. The molecule has 1 aromatic rings. The number of rotatable bonds is 6. The van der Waals surface area contributed by atoms with Crippen molar-refractivity contribution in [3.05, 3.63) is 35.9 Å². The Morgan fingerprint density at radius 3 is 2.32 bits per heavy atom. The van der Waals surface area contributed by atoms with Crippen molar-refractivity contribution in [1.82, 2.24) is 4.90 Å². The molecule has 0 fully saturated rings. The summed E-state index contributed by atoms with van der Waals surface area (Å²) in [5, 5.41) is 0. The number of carbonyl (C=O) groups is 1. The average molecular weight is 262 g/mol. The van der Waals surface area contributed by atoms with Gasteiger partial charge in [0.25, 0.3) is 0 Å². The van der Waals surface area contributed by atoms with E-state index in [0.29, 0.717) is 12.3 Å². The minimum atomic E-state index is -0.411. The predicted octanol–water partition coefficient (Wildman–Crippen LogP) is 2.45. The van der Waals surface area contributed by atoms with Crippen LogP contribution in [0.3, 0.4) is 0 Å². The van der Waals surface area contributed by atoms with Gasteiger partial charge in [0, 0.05) is 13.1 Å². The maximum absolute atomic E-state index is 12.2. The highest BCUT2D eigenvalue weighted by Crippen LogP contribution is 2.11. The molecule has 3 heteroatoms. The van der Waals surface area contributed by atoms with Gasteiger partial charge < -0.3 is 10.6 Å². The molecule has 1 aromatic carbocycles. The van der Waals surface area contributed by atoms with Gasteiger partial charge in [-0.2, -0.15) is 0 Å². The molecule has 2 unspecified atom stereocenters. The topological polar surface area (TPSA) is 46.3 Å². The van der Waals surface area contributed by atoms with E-state index in [9.17, 15) is 4.79 Å². The second-order valence-electron chi connectivity index (χ2n) is 5.56. The molecule has 1 rings (SSSR count). The van der Waals surface area contributed by atoms with Crippen molar-refractivity contribution < 1.29 is 4.79 Å². The van der Waals surface area contributed by atoms with Crippen LogP contribution in [-0.4, -0.2) is 29.9 Å². The first-order chi connectivity index (χ1) is 8.93. The number of nitrogens with two attached hydrogens (primary N) is 1. The molecule has 0 saturated heterocycles. The van der Waals surface area contributed by atoms with Crippen LogP contribution in [0.4, 0.5) is 0 Å². The molecule has 0 spiro atoms. The third kappa shape index (κ3) is 4.67. The number of hydrogen-bond donors (Lipinski definition) is 1. The summed E-state index contributed by atoms with van der Waals surface area (Å²) < 4.78 is 0. The molecule has 19 heavy (non-hydrogen) atoms. The Hall–Kier alpha value is -1.35. The minimum Gasteiger partial charge on any atom is -0.341 e. The van der Waals surface area contributed by atoms with E-state index in [-0.39, 0.29) is 11.9 Å². The molecular weight excluding hydrogens is 236 g/mol.